The second-order valence-corrected chi connectivity index (χ2v) is 5.44. The first-order chi connectivity index (χ1) is 9.54. The molecule has 0 saturated heterocycles. The number of carbonyl (C=O) groups excluding carboxylic acids is 1. The Balaban J connectivity index is 3.87. The van der Waals surface area contributed by atoms with Crippen molar-refractivity contribution in [2.75, 3.05) is 38.2 Å². The topological polar surface area (TPSA) is 81.7 Å². The number of hydrogen-bond donors (Lipinski definition) is 3. The van der Waals surface area contributed by atoms with Crippen LogP contribution in [0.1, 0.15) is 26.7 Å². The number of thioether (sulfide) groups is 1. The number of carboxylic acids is 1. The smallest absolute Gasteiger partial charge is 0.326 e. The summed E-state index contributed by atoms with van der Waals surface area (Å²) in [5.41, 5.74) is 0. The molecule has 0 bridgehead atoms. The molecule has 0 aliphatic heterocycles. The maximum absolute atomic E-state index is 11.6. The van der Waals surface area contributed by atoms with E-state index in [1.54, 1.807) is 11.8 Å². The van der Waals surface area contributed by atoms with Crippen molar-refractivity contribution in [3.63, 3.8) is 0 Å². The number of amides is 2. The molecule has 0 rings (SSSR count). The lowest BCUT2D eigenvalue weighted by molar-refractivity contribution is -0.139. The second kappa shape index (κ2) is 11.8. The molecule has 0 fully saturated rings. The Hall–Kier alpha value is -0.950. The fraction of sp³-hybridized carbons (Fsp3) is 0.846. The van der Waals surface area contributed by atoms with Crippen LogP contribution in [0.2, 0.25) is 0 Å². The average Bonchev–Trinajstić information content (AvgIpc) is 2.43. The van der Waals surface area contributed by atoms with Crippen LogP contribution in [0, 0.1) is 0 Å². The molecule has 0 aliphatic rings. The summed E-state index contributed by atoms with van der Waals surface area (Å²) in [5.74, 6) is -0.281. The predicted molar refractivity (Wildman–Crippen MR) is 83.4 cm³/mol. The first kappa shape index (κ1) is 19.1. The third-order valence-corrected chi connectivity index (χ3v) is 3.69. The van der Waals surface area contributed by atoms with E-state index in [1.807, 2.05) is 6.26 Å². The molecule has 0 saturated carbocycles. The Kier molecular flexibility index (Phi) is 11.3. The number of carbonyl (C=O) groups is 2. The van der Waals surface area contributed by atoms with E-state index in [0.29, 0.717) is 18.7 Å². The molecule has 0 aliphatic carbocycles. The lowest BCUT2D eigenvalue weighted by atomic mass is 10.2. The molecule has 0 aromatic heterocycles. The van der Waals surface area contributed by atoms with Crippen LogP contribution in [0.4, 0.5) is 4.79 Å². The number of nitrogens with one attached hydrogen (secondary N) is 2. The summed E-state index contributed by atoms with van der Waals surface area (Å²) >= 11 is 1.56. The Labute approximate surface area is 125 Å². The van der Waals surface area contributed by atoms with Crippen molar-refractivity contribution in [1.29, 1.82) is 0 Å². The fourth-order valence-electron chi connectivity index (χ4n) is 1.75. The SMILES string of the molecule is CCN(CC)CCCNC(=O)NC(CCSC)C(=O)O. The Morgan fingerprint density at radius 2 is 1.95 bits per heavy atom. The van der Waals surface area contributed by atoms with E-state index in [-0.39, 0.29) is 0 Å². The van der Waals surface area contributed by atoms with Gasteiger partial charge in [-0.3, -0.25) is 0 Å². The van der Waals surface area contributed by atoms with Gasteiger partial charge in [-0.1, -0.05) is 13.8 Å². The molecule has 3 N–H and O–H groups in total. The van der Waals surface area contributed by atoms with Gasteiger partial charge in [0, 0.05) is 6.54 Å². The van der Waals surface area contributed by atoms with Crippen LogP contribution in [0.5, 0.6) is 0 Å². The number of urea groups is 1. The van der Waals surface area contributed by atoms with Crippen molar-refractivity contribution in [1.82, 2.24) is 15.5 Å². The number of nitrogens with zero attached hydrogens (tertiary/aromatic N) is 1. The van der Waals surface area contributed by atoms with Crippen molar-refractivity contribution >= 4 is 23.8 Å². The predicted octanol–water partition coefficient (Wildman–Crippen LogP) is 1.22. The standard InChI is InChI=1S/C13H27N3O3S/c1-4-16(5-2)9-6-8-14-13(19)15-11(12(17)18)7-10-20-3/h11H,4-10H2,1-3H3,(H,17,18)(H2,14,15,19). The Morgan fingerprint density at radius 3 is 2.45 bits per heavy atom. The van der Waals surface area contributed by atoms with E-state index >= 15 is 0 Å². The molecule has 1 atom stereocenters. The normalized spacial score (nSPS) is 12.2. The minimum atomic E-state index is -0.989. The zero-order chi connectivity index (χ0) is 15.4. The molecule has 0 aromatic rings. The van der Waals surface area contributed by atoms with Gasteiger partial charge < -0.3 is 20.6 Å². The van der Waals surface area contributed by atoms with Crippen LogP contribution in [-0.4, -0.2) is 66.2 Å². The molecular formula is C13H27N3O3S. The lowest BCUT2D eigenvalue weighted by Crippen LogP contribution is -2.46. The van der Waals surface area contributed by atoms with E-state index in [0.717, 1.165) is 26.1 Å². The molecule has 0 heterocycles. The van der Waals surface area contributed by atoms with Crippen molar-refractivity contribution in [2.24, 2.45) is 0 Å². The first-order valence-electron chi connectivity index (χ1n) is 7.03. The van der Waals surface area contributed by atoms with Crippen LogP contribution in [0.15, 0.2) is 0 Å². The molecule has 6 nitrogen and oxygen atoms in total. The summed E-state index contributed by atoms with van der Waals surface area (Å²) < 4.78 is 0. The Morgan fingerprint density at radius 1 is 1.30 bits per heavy atom. The zero-order valence-corrected chi connectivity index (χ0v) is 13.5. The van der Waals surface area contributed by atoms with E-state index in [4.69, 9.17) is 5.11 Å². The molecular weight excluding hydrogens is 278 g/mol. The fourth-order valence-corrected chi connectivity index (χ4v) is 2.22. The molecule has 20 heavy (non-hydrogen) atoms. The molecule has 0 aromatic carbocycles. The van der Waals surface area contributed by atoms with Gasteiger partial charge in [0.05, 0.1) is 0 Å². The molecule has 118 valence electrons. The van der Waals surface area contributed by atoms with E-state index < -0.39 is 18.0 Å². The van der Waals surface area contributed by atoms with Gasteiger partial charge in [-0.15, -0.1) is 0 Å². The quantitative estimate of drug-likeness (QED) is 0.500. The van der Waals surface area contributed by atoms with Crippen LogP contribution in [0.3, 0.4) is 0 Å². The molecule has 0 spiro atoms. The third-order valence-electron chi connectivity index (χ3n) is 3.05. The van der Waals surface area contributed by atoms with Gasteiger partial charge in [-0.05, 0) is 44.5 Å². The molecule has 0 radical (unpaired) electrons. The highest BCUT2D eigenvalue weighted by molar-refractivity contribution is 7.98. The summed E-state index contributed by atoms with van der Waals surface area (Å²) in [4.78, 5) is 24.9. The van der Waals surface area contributed by atoms with E-state index in [1.165, 1.54) is 0 Å². The third kappa shape index (κ3) is 9.03. The van der Waals surface area contributed by atoms with E-state index in [9.17, 15) is 9.59 Å². The minimum Gasteiger partial charge on any atom is -0.480 e. The largest absolute Gasteiger partial charge is 0.480 e. The highest BCUT2D eigenvalue weighted by Crippen LogP contribution is 2.00. The van der Waals surface area contributed by atoms with Crippen molar-refractivity contribution in [3.05, 3.63) is 0 Å². The number of aliphatic carboxylic acids is 1. The maximum Gasteiger partial charge on any atom is 0.326 e. The minimum absolute atomic E-state index is 0.405. The average molecular weight is 305 g/mol. The highest BCUT2D eigenvalue weighted by Gasteiger charge is 2.18. The Bertz CT molecular complexity index is 286. The first-order valence-corrected chi connectivity index (χ1v) is 8.42. The van der Waals surface area contributed by atoms with Gasteiger partial charge in [-0.2, -0.15) is 11.8 Å². The highest BCUT2D eigenvalue weighted by atomic mass is 32.2. The number of hydrogen-bond acceptors (Lipinski definition) is 4. The van der Waals surface area contributed by atoms with Gasteiger partial charge in [0.25, 0.3) is 0 Å². The van der Waals surface area contributed by atoms with Gasteiger partial charge in [0.15, 0.2) is 0 Å². The molecule has 2 amide bonds. The van der Waals surface area contributed by atoms with Crippen LogP contribution in [-0.2, 0) is 4.79 Å². The van der Waals surface area contributed by atoms with Crippen molar-refractivity contribution in [3.8, 4) is 0 Å². The van der Waals surface area contributed by atoms with Crippen LogP contribution >= 0.6 is 11.8 Å². The number of carboxylic acid groups (broad SMARTS) is 1. The summed E-state index contributed by atoms with van der Waals surface area (Å²) in [6.07, 6.45) is 3.20. The second-order valence-electron chi connectivity index (χ2n) is 4.45. The van der Waals surface area contributed by atoms with Crippen LogP contribution in [0.25, 0.3) is 0 Å². The van der Waals surface area contributed by atoms with E-state index in [2.05, 4.69) is 29.4 Å². The van der Waals surface area contributed by atoms with Gasteiger partial charge in [-0.25, -0.2) is 9.59 Å². The van der Waals surface area contributed by atoms with Crippen LogP contribution < -0.4 is 10.6 Å². The van der Waals surface area contributed by atoms with Crippen molar-refractivity contribution < 1.29 is 14.7 Å². The summed E-state index contributed by atoms with van der Waals surface area (Å²) in [6, 6.07) is -1.22. The van der Waals surface area contributed by atoms with Gasteiger partial charge >= 0.3 is 12.0 Å². The van der Waals surface area contributed by atoms with Gasteiger partial charge in [0.2, 0.25) is 0 Å². The monoisotopic (exact) mass is 305 g/mol. The summed E-state index contributed by atoms with van der Waals surface area (Å²) in [7, 11) is 0. The summed E-state index contributed by atoms with van der Waals surface area (Å²) in [5, 5.41) is 14.2. The molecule has 1 unspecified atom stereocenters. The zero-order valence-electron chi connectivity index (χ0n) is 12.6. The maximum atomic E-state index is 11.6. The lowest BCUT2D eigenvalue weighted by Gasteiger charge is -2.18. The van der Waals surface area contributed by atoms with Gasteiger partial charge in [0.1, 0.15) is 6.04 Å². The molecule has 7 heteroatoms. The number of rotatable bonds is 11. The summed E-state index contributed by atoms with van der Waals surface area (Å²) in [6.45, 7) is 7.69. The van der Waals surface area contributed by atoms with Crippen molar-refractivity contribution in [2.45, 2.75) is 32.7 Å².